The maximum Gasteiger partial charge on any atom is 0.417 e. The molecule has 1 aromatic carbocycles. The monoisotopic (exact) mass is 584 g/mol. The Morgan fingerprint density at radius 2 is 1.57 bits per heavy atom. The standard InChI is InChI=1S/C32H47F3O4S/c1-20(36)18-28(40(38,39)23-8-6-5-7-9-23)21(2)25-12-13-26-24-11-10-22-19-31(37,32(33,34)35)17-16-29(22,3)27(24)14-15-30(25,26)4/h5-9,20-22,24-28,36-37H,10-19H2,1-4H3/t20-,21-,22+,24+,25+,26+,27+,28?,29+,30-,31+/m1/s1. The van der Waals surface area contributed by atoms with Crippen molar-refractivity contribution in [2.45, 2.75) is 120 Å². The summed E-state index contributed by atoms with van der Waals surface area (Å²) in [6.45, 7) is 8.25. The molecule has 0 bridgehead atoms. The van der Waals surface area contributed by atoms with Gasteiger partial charge in [0.1, 0.15) is 0 Å². The molecule has 4 nitrogen and oxygen atoms in total. The molecule has 0 spiro atoms. The molecule has 11 atom stereocenters. The van der Waals surface area contributed by atoms with Crippen LogP contribution in [0, 0.1) is 46.3 Å². The van der Waals surface area contributed by atoms with Crippen LogP contribution in [-0.4, -0.2) is 41.8 Å². The van der Waals surface area contributed by atoms with Crippen molar-refractivity contribution in [3.63, 3.8) is 0 Å². The number of hydrogen-bond donors (Lipinski definition) is 2. The van der Waals surface area contributed by atoms with Crippen LogP contribution in [0.5, 0.6) is 0 Å². The summed E-state index contributed by atoms with van der Waals surface area (Å²) < 4.78 is 68.9. The van der Waals surface area contributed by atoms with Gasteiger partial charge in [-0.2, -0.15) is 13.2 Å². The van der Waals surface area contributed by atoms with Crippen LogP contribution in [0.1, 0.15) is 91.9 Å². The van der Waals surface area contributed by atoms with Crippen molar-refractivity contribution in [1.82, 2.24) is 0 Å². The van der Waals surface area contributed by atoms with Crippen LogP contribution in [0.25, 0.3) is 0 Å². The van der Waals surface area contributed by atoms with Gasteiger partial charge in [-0.3, -0.25) is 0 Å². The van der Waals surface area contributed by atoms with Crippen molar-refractivity contribution < 1.29 is 31.8 Å². The lowest BCUT2D eigenvalue weighted by Crippen LogP contribution is -2.59. The van der Waals surface area contributed by atoms with Gasteiger partial charge < -0.3 is 10.2 Å². The van der Waals surface area contributed by atoms with E-state index in [1.807, 2.05) is 0 Å². The zero-order chi connectivity index (χ0) is 29.3. The molecule has 4 fully saturated rings. The predicted octanol–water partition coefficient (Wildman–Crippen LogP) is 7.19. The molecule has 0 saturated heterocycles. The smallest absolute Gasteiger partial charge is 0.393 e. The van der Waals surface area contributed by atoms with Crippen molar-refractivity contribution in [3.8, 4) is 0 Å². The number of benzene rings is 1. The Kier molecular flexibility index (Phi) is 7.78. The zero-order valence-corrected chi connectivity index (χ0v) is 25.1. The summed E-state index contributed by atoms with van der Waals surface area (Å²) in [5.74, 6) is 1.14. The molecule has 4 aliphatic carbocycles. The van der Waals surface area contributed by atoms with Gasteiger partial charge in [-0.05, 0) is 130 Å². The van der Waals surface area contributed by atoms with E-state index < -0.39 is 33.0 Å². The van der Waals surface area contributed by atoms with Crippen molar-refractivity contribution >= 4 is 9.84 Å². The van der Waals surface area contributed by atoms with Gasteiger partial charge in [-0.1, -0.05) is 39.0 Å². The van der Waals surface area contributed by atoms with Crippen molar-refractivity contribution in [3.05, 3.63) is 30.3 Å². The van der Waals surface area contributed by atoms with E-state index in [1.165, 1.54) is 0 Å². The molecule has 1 unspecified atom stereocenters. The zero-order valence-electron chi connectivity index (χ0n) is 24.3. The van der Waals surface area contributed by atoms with Crippen LogP contribution in [-0.2, 0) is 9.84 Å². The minimum atomic E-state index is -4.59. The second-order valence-electron chi connectivity index (χ2n) is 14.5. The number of rotatable bonds is 6. The first-order valence-electron chi connectivity index (χ1n) is 15.3. The minimum absolute atomic E-state index is 0.0334. The molecule has 0 aromatic heterocycles. The van der Waals surface area contributed by atoms with Gasteiger partial charge in [-0.25, -0.2) is 8.42 Å². The minimum Gasteiger partial charge on any atom is -0.393 e. The topological polar surface area (TPSA) is 74.6 Å². The van der Waals surface area contributed by atoms with E-state index in [-0.39, 0.29) is 47.8 Å². The molecule has 226 valence electrons. The van der Waals surface area contributed by atoms with Crippen LogP contribution in [0.2, 0.25) is 0 Å². The van der Waals surface area contributed by atoms with E-state index in [4.69, 9.17) is 0 Å². The Balaban J connectivity index is 1.39. The lowest BCUT2D eigenvalue weighted by Gasteiger charge is -2.62. The number of halogens is 3. The highest BCUT2D eigenvalue weighted by Gasteiger charge is 2.65. The Bertz CT molecular complexity index is 1170. The molecule has 0 aliphatic heterocycles. The van der Waals surface area contributed by atoms with E-state index in [0.717, 1.165) is 38.5 Å². The highest BCUT2D eigenvalue weighted by Crippen LogP contribution is 2.69. The van der Waals surface area contributed by atoms with Crippen LogP contribution < -0.4 is 0 Å². The van der Waals surface area contributed by atoms with Crippen LogP contribution >= 0.6 is 0 Å². The van der Waals surface area contributed by atoms with Gasteiger partial charge in [0.25, 0.3) is 0 Å². The maximum absolute atomic E-state index is 13.9. The SMILES string of the molecule is C[C@@H](O)CC([C@H](C)[C@@H]1CC[C@H]2[C@@H]3CC[C@H]4C[C@](O)(C(F)(F)F)CC[C@]4(C)[C@H]3CC[C@@]21C)S(=O)(=O)c1ccccc1. The number of aliphatic hydroxyl groups excluding tert-OH is 1. The Labute approximate surface area is 238 Å². The van der Waals surface area contributed by atoms with Gasteiger partial charge in [0.2, 0.25) is 0 Å². The fraction of sp³-hybridized carbons (Fsp3) is 0.812. The fourth-order valence-electron chi connectivity index (χ4n) is 10.4. The summed E-state index contributed by atoms with van der Waals surface area (Å²) in [7, 11) is -3.65. The van der Waals surface area contributed by atoms with Gasteiger partial charge in [0.05, 0.1) is 16.2 Å². The van der Waals surface area contributed by atoms with Crippen molar-refractivity contribution in [2.24, 2.45) is 46.3 Å². The first-order chi connectivity index (χ1) is 18.5. The summed E-state index contributed by atoms with van der Waals surface area (Å²) in [5, 5.41) is 20.2. The molecule has 2 N–H and O–H groups in total. The number of fused-ring (bicyclic) bond motifs is 5. The summed E-state index contributed by atoms with van der Waals surface area (Å²) in [6.07, 6.45) is 0.354. The Hall–Kier alpha value is -1.12. The Morgan fingerprint density at radius 3 is 2.20 bits per heavy atom. The van der Waals surface area contributed by atoms with Gasteiger partial charge in [0.15, 0.2) is 15.4 Å². The molecule has 1 aromatic rings. The second kappa shape index (κ2) is 10.3. The lowest BCUT2D eigenvalue weighted by molar-refractivity contribution is -0.290. The third-order valence-corrected chi connectivity index (χ3v) is 14.9. The van der Waals surface area contributed by atoms with E-state index in [2.05, 4.69) is 20.8 Å². The third kappa shape index (κ3) is 4.76. The molecule has 5 rings (SSSR count). The molecular weight excluding hydrogens is 537 g/mol. The summed E-state index contributed by atoms with van der Waals surface area (Å²) >= 11 is 0. The first kappa shape index (κ1) is 30.3. The normalized spacial score (nSPS) is 42.3. The lowest BCUT2D eigenvalue weighted by atomic mass is 9.43. The van der Waals surface area contributed by atoms with E-state index in [1.54, 1.807) is 37.3 Å². The van der Waals surface area contributed by atoms with E-state index >= 15 is 0 Å². The summed E-state index contributed by atoms with van der Waals surface area (Å²) in [6, 6.07) is 8.57. The maximum atomic E-state index is 13.9. The number of hydrogen-bond acceptors (Lipinski definition) is 4. The highest BCUT2D eigenvalue weighted by atomic mass is 32.2. The number of alkyl halides is 3. The van der Waals surface area contributed by atoms with Crippen LogP contribution in [0.3, 0.4) is 0 Å². The van der Waals surface area contributed by atoms with E-state index in [0.29, 0.717) is 29.1 Å². The van der Waals surface area contributed by atoms with Gasteiger partial charge in [-0.15, -0.1) is 0 Å². The molecule has 0 amide bonds. The quantitative estimate of drug-likeness (QED) is 0.371. The molecule has 0 radical (unpaired) electrons. The predicted molar refractivity (Wildman–Crippen MR) is 149 cm³/mol. The van der Waals surface area contributed by atoms with Crippen LogP contribution in [0.4, 0.5) is 13.2 Å². The molecule has 40 heavy (non-hydrogen) atoms. The highest BCUT2D eigenvalue weighted by molar-refractivity contribution is 7.92. The third-order valence-electron chi connectivity index (χ3n) is 12.6. The molecule has 0 heterocycles. The average Bonchev–Trinajstić information content (AvgIpc) is 3.24. The van der Waals surface area contributed by atoms with Crippen molar-refractivity contribution in [1.29, 1.82) is 0 Å². The second-order valence-corrected chi connectivity index (χ2v) is 16.6. The fourth-order valence-corrected chi connectivity index (χ4v) is 12.6. The molecule has 8 heteroatoms. The van der Waals surface area contributed by atoms with Crippen molar-refractivity contribution in [2.75, 3.05) is 0 Å². The Morgan fingerprint density at radius 1 is 0.925 bits per heavy atom. The van der Waals surface area contributed by atoms with Gasteiger partial charge in [0, 0.05) is 0 Å². The summed E-state index contributed by atoms with van der Waals surface area (Å²) in [4.78, 5) is 0.304. The number of sulfone groups is 1. The average molecular weight is 585 g/mol. The molecule has 4 aliphatic rings. The summed E-state index contributed by atoms with van der Waals surface area (Å²) in [5.41, 5.74) is -2.80. The largest absolute Gasteiger partial charge is 0.417 e. The van der Waals surface area contributed by atoms with E-state index in [9.17, 15) is 31.8 Å². The first-order valence-corrected chi connectivity index (χ1v) is 16.9. The number of aliphatic hydroxyl groups is 2. The van der Waals surface area contributed by atoms with Crippen LogP contribution in [0.15, 0.2) is 35.2 Å². The molecular formula is C32H47F3O4S. The van der Waals surface area contributed by atoms with Gasteiger partial charge >= 0.3 is 6.18 Å². The molecule has 4 saturated carbocycles.